The van der Waals surface area contributed by atoms with Crippen molar-refractivity contribution in [3.63, 3.8) is 0 Å². The summed E-state index contributed by atoms with van der Waals surface area (Å²) in [4.78, 5) is 79.4. The second kappa shape index (κ2) is 21.9. The highest BCUT2D eigenvalue weighted by Gasteiger charge is 2.29. The Balaban J connectivity index is 1.29. The van der Waals surface area contributed by atoms with Crippen molar-refractivity contribution in [2.75, 3.05) is 23.3 Å². The minimum absolute atomic E-state index is 0.101. The van der Waals surface area contributed by atoms with Crippen LogP contribution in [0.5, 0.6) is 0 Å². The first-order chi connectivity index (χ1) is 28.3. The lowest BCUT2D eigenvalue weighted by molar-refractivity contribution is -0.132. The van der Waals surface area contributed by atoms with Crippen LogP contribution in [0.3, 0.4) is 0 Å². The van der Waals surface area contributed by atoms with Gasteiger partial charge in [0, 0.05) is 35.7 Å². The molecule has 0 fully saturated rings. The van der Waals surface area contributed by atoms with Gasteiger partial charge in [-0.2, -0.15) is 5.11 Å². The number of anilines is 2. The van der Waals surface area contributed by atoms with E-state index < -0.39 is 54.7 Å². The first-order valence-corrected chi connectivity index (χ1v) is 19.8. The topological polar surface area (TPSA) is 234 Å². The zero-order chi connectivity index (χ0) is 43.1. The van der Waals surface area contributed by atoms with Gasteiger partial charge in [-0.15, -0.1) is 0 Å². The van der Waals surface area contributed by atoms with Crippen LogP contribution < -0.4 is 36.8 Å². The summed E-state index contributed by atoms with van der Waals surface area (Å²) in [5, 5.41) is 29.5. The molecule has 0 aliphatic carbocycles. The van der Waals surface area contributed by atoms with Crippen LogP contribution in [-0.2, 0) is 41.9 Å². The lowest BCUT2D eigenvalue weighted by Crippen LogP contribution is -2.55. The van der Waals surface area contributed by atoms with Gasteiger partial charge in [-0.05, 0) is 55.0 Å². The average Bonchev–Trinajstić information content (AvgIpc) is 3.23. The monoisotopic (exact) mass is 809 g/mol. The van der Waals surface area contributed by atoms with Gasteiger partial charge in [-0.1, -0.05) is 82.3 Å². The largest absolute Gasteiger partial charge is 0.392 e. The quantitative estimate of drug-likeness (QED) is 0.0824. The van der Waals surface area contributed by atoms with E-state index in [0.29, 0.717) is 33.9 Å². The van der Waals surface area contributed by atoms with Gasteiger partial charge in [0.25, 0.3) is 0 Å². The van der Waals surface area contributed by atoms with Crippen molar-refractivity contribution in [3.05, 3.63) is 95.1 Å². The van der Waals surface area contributed by atoms with Crippen LogP contribution in [-0.4, -0.2) is 71.8 Å². The fourth-order valence-electron chi connectivity index (χ4n) is 6.45. The molecule has 8 N–H and O–H groups in total. The maximum absolute atomic E-state index is 13.9. The van der Waals surface area contributed by atoms with Crippen LogP contribution in [0.4, 0.5) is 11.4 Å². The molecular formula is C43H55N9O7. The molecule has 59 heavy (non-hydrogen) atoms. The van der Waals surface area contributed by atoms with Crippen molar-refractivity contribution < 1.29 is 33.9 Å². The van der Waals surface area contributed by atoms with E-state index in [1.165, 1.54) is 6.92 Å². The number of hydrogen-bond donors (Lipinski definition) is 8. The van der Waals surface area contributed by atoms with Gasteiger partial charge in [0.05, 0.1) is 37.6 Å². The highest BCUT2D eigenvalue weighted by atomic mass is 16.3. The van der Waals surface area contributed by atoms with E-state index in [0.717, 1.165) is 24.0 Å². The van der Waals surface area contributed by atoms with Crippen LogP contribution >= 0.6 is 0 Å². The maximum Gasteiger partial charge on any atom is 0.246 e. The number of fused-ring (bicyclic) bond motifs is 2. The smallest absolute Gasteiger partial charge is 0.246 e. The number of aliphatic hydroxyl groups excluding tert-OH is 1. The Bertz CT molecular complexity index is 2030. The van der Waals surface area contributed by atoms with Gasteiger partial charge in [0.2, 0.25) is 35.4 Å². The van der Waals surface area contributed by atoms with E-state index in [-0.39, 0.29) is 43.9 Å². The third-order valence-electron chi connectivity index (χ3n) is 9.93. The Morgan fingerprint density at radius 1 is 0.763 bits per heavy atom. The van der Waals surface area contributed by atoms with E-state index >= 15 is 0 Å². The van der Waals surface area contributed by atoms with Crippen LogP contribution in [0.2, 0.25) is 0 Å². The molecule has 1 heterocycles. The van der Waals surface area contributed by atoms with Crippen LogP contribution in [0, 0.1) is 11.4 Å². The summed E-state index contributed by atoms with van der Waals surface area (Å²) in [6, 6.07) is 19.6. The molecule has 16 nitrogen and oxygen atoms in total. The Hall–Kier alpha value is -6.42. The molecule has 0 radical (unpaired) electrons. The summed E-state index contributed by atoms with van der Waals surface area (Å²) in [7, 11) is 0. The van der Waals surface area contributed by atoms with Crippen LogP contribution in [0.15, 0.2) is 77.9 Å². The predicted octanol–water partition coefficient (Wildman–Crippen LogP) is 3.96. The summed E-state index contributed by atoms with van der Waals surface area (Å²) >= 11 is 0. The van der Waals surface area contributed by atoms with Gasteiger partial charge in [-0.3, -0.25) is 28.8 Å². The van der Waals surface area contributed by atoms with Crippen molar-refractivity contribution >= 4 is 58.2 Å². The molecule has 0 bridgehead atoms. The zero-order valence-electron chi connectivity index (χ0n) is 34.2. The Morgan fingerprint density at radius 3 is 2.03 bits per heavy atom. The Morgan fingerprint density at radius 2 is 1.39 bits per heavy atom. The van der Waals surface area contributed by atoms with Crippen molar-refractivity contribution in [1.29, 1.82) is 5.53 Å². The minimum Gasteiger partial charge on any atom is -0.392 e. The standard InChI is InChI=1S/C43H55N9O7/c1-6-30(7-2)48-40-33-14-10-11-15-34(33)52(24-29-12-8-9-13-32(29)41(40)51-44)38(57)21-20-35(54)45-22-36(55)46-23-37(56)50-39(26(3)4)43(59)47-27(5)42(58)49-31-18-16-28(25-53)17-19-31/h8-19,26-27,30,39,44,48,53H,6-7,20-25H2,1-5H3,(H,45,54)(H,46,55)(H,47,59)(H,49,58)(H,50,56)/b41-40-,51-44?/t27-,39-/m0/s1. The van der Waals surface area contributed by atoms with Gasteiger partial charge in [-0.25, -0.2) is 5.53 Å². The molecule has 1 aliphatic rings. The number of aliphatic hydroxyl groups is 1. The Kier molecular flexibility index (Phi) is 16.8. The van der Waals surface area contributed by atoms with Gasteiger partial charge < -0.3 is 41.9 Å². The first-order valence-electron chi connectivity index (χ1n) is 19.8. The number of amides is 6. The first kappa shape index (κ1) is 45.3. The molecule has 314 valence electrons. The molecule has 6 amide bonds. The minimum atomic E-state index is -1.01. The molecule has 0 unspecified atom stereocenters. The number of nitrogens with zero attached hydrogens (tertiary/aromatic N) is 2. The van der Waals surface area contributed by atoms with Crippen molar-refractivity contribution in [3.8, 4) is 0 Å². The molecular weight excluding hydrogens is 755 g/mol. The van der Waals surface area contributed by atoms with Gasteiger partial charge in [0.1, 0.15) is 17.8 Å². The summed E-state index contributed by atoms with van der Waals surface area (Å²) < 4.78 is 0. The fraction of sp³-hybridized carbons (Fsp3) is 0.395. The molecule has 0 saturated heterocycles. The third-order valence-corrected chi connectivity index (χ3v) is 9.93. The molecule has 4 rings (SSSR count). The zero-order valence-corrected chi connectivity index (χ0v) is 34.2. The number of benzene rings is 3. The summed E-state index contributed by atoms with van der Waals surface area (Å²) in [5.41, 5.74) is 13.3. The molecule has 16 heteroatoms. The lowest BCUT2D eigenvalue weighted by atomic mass is 9.95. The number of para-hydroxylation sites is 1. The van der Waals surface area contributed by atoms with E-state index in [2.05, 4.69) is 50.9 Å². The van der Waals surface area contributed by atoms with E-state index in [4.69, 9.17) is 5.53 Å². The van der Waals surface area contributed by atoms with Gasteiger partial charge in [0.15, 0.2) is 0 Å². The van der Waals surface area contributed by atoms with Gasteiger partial charge >= 0.3 is 0 Å². The van der Waals surface area contributed by atoms with Crippen LogP contribution in [0.25, 0.3) is 11.4 Å². The number of carbonyl (C=O) groups is 6. The van der Waals surface area contributed by atoms with Crippen LogP contribution in [0.1, 0.15) is 82.6 Å². The van der Waals surface area contributed by atoms with E-state index in [9.17, 15) is 33.9 Å². The van der Waals surface area contributed by atoms with Crippen molar-refractivity contribution in [2.24, 2.45) is 11.0 Å². The molecule has 3 aromatic rings. The third kappa shape index (κ3) is 12.5. The summed E-state index contributed by atoms with van der Waals surface area (Å²) in [6.45, 7) is 8.21. The summed E-state index contributed by atoms with van der Waals surface area (Å²) in [6.07, 6.45) is 1.32. The Labute approximate surface area is 344 Å². The molecule has 0 spiro atoms. The molecule has 0 saturated carbocycles. The second-order valence-corrected chi connectivity index (χ2v) is 14.6. The summed E-state index contributed by atoms with van der Waals surface area (Å²) in [5.74, 6) is -3.60. The molecule has 2 atom stereocenters. The molecule has 0 aromatic heterocycles. The molecule has 3 aromatic carbocycles. The number of carbonyl (C=O) groups excluding carboxylic acids is 6. The second-order valence-electron chi connectivity index (χ2n) is 14.6. The average molecular weight is 810 g/mol. The number of rotatable bonds is 19. The van der Waals surface area contributed by atoms with Crippen molar-refractivity contribution in [2.45, 2.75) is 91.6 Å². The molecule has 1 aliphatic heterocycles. The normalized spacial score (nSPS) is 14.4. The van der Waals surface area contributed by atoms with Crippen molar-refractivity contribution in [1.82, 2.24) is 26.6 Å². The highest BCUT2D eigenvalue weighted by molar-refractivity contribution is 6.02. The predicted molar refractivity (Wildman–Crippen MR) is 224 cm³/mol. The maximum atomic E-state index is 13.9. The lowest BCUT2D eigenvalue weighted by Gasteiger charge is -2.31. The number of nitrogens with one attached hydrogen (secondary N) is 7. The fourth-order valence-corrected chi connectivity index (χ4v) is 6.45. The number of hydrogen-bond acceptors (Lipinski definition) is 10. The highest BCUT2D eigenvalue weighted by Crippen LogP contribution is 2.38. The van der Waals surface area contributed by atoms with E-state index in [1.807, 2.05) is 48.5 Å². The van der Waals surface area contributed by atoms with E-state index in [1.54, 1.807) is 43.0 Å². The SMILES string of the molecule is CCC(CC)N/C1=C(\N=N)c2ccccc2CN(C(=O)CCC(=O)NCC(=O)NCC(=O)N[C@H](C(=O)N[C@@H](C)C(=O)Nc2ccc(CO)cc2)C(C)C)c2ccccc21.